The fourth-order valence-electron chi connectivity index (χ4n) is 3.32. The number of carbonyl (C=O) groups excluding carboxylic acids is 1. The minimum Gasteiger partial charge on any atom is -0.490 e. The molecule has 1 heterocycles. The second-order valence-electron chi connectivity index (χ2n) is 7.24. The van der Waals surface area contributed by atoms with E-state index in [0.29, 0.717) is 35.7 Å². The highest BCUT2D eigenvalue weighted by atomic mass is 16.5. The quantitative estimate of drug-likeness (QED) is 0.583. The highest BCUT2D eigenvalue weighted by molar-refractivity contribution is 5.93. The molecule has 0 aliphatic carbocycles. The van der Waals surface area contributed by atoms with Gasteiger partial charge in [-0.3, -0.25) is 9.59 Å². The zero-order valence-corrected chi connectivity index (χ0v) is 17.7. The van der Waals surface area contributed by atoms with Crippen LogP contribution in [-0.4, -0.2) is 19.1 Å². The van der Waals surface area contributed by atoms with E-state index in [1.807, 2.05) is 45.9 Å². The van der Waals surface area contributed by atoms with Crippen LogP contribution in [0.2, 0.25) is 0 Å². The van der Waals surface area contributed by atoms with Crippen molar-refractivity contribution in [3.8, 4) is 11.5 Å². The first kappa shape index (κ1) is 21.4. The smallest absolute Gasteiger partial charge is 0.287 e. The van der Waals surface area contributed by atoms with Crippen molar-refractivity contribution in [3.63, 3.8) is 0 Å². The molecule has 1 amide bonds. The summed E-state index contributed by atoms with van der Waals surface area (Å²) in [6.07, 6.45) is 0. The molecule has 30 heavy (non-hydrogen) atoms. The minimum absolute atomic E-state index is 0.0136. The number of rotatable bonds is 8. The summed E-state index contributed by atoms with van der Waals surface area (Å²) in [5.74, 6) is 0.934. The lowest BCUT2D eigenvalue weighted by Gasteiger charge is -2.24. The fourth-order valence-corrected chi connectivity index (χ4v) is 3.32. The van der Waals surface area contributed by atoms with Gasteiger partial charge in [-0.05, 0) is 49.6 Å². The van der Waals surface area contributed by atoms with E-state index in [2.05, 4.69) is 5.32 Å². The molecule has 6 heteroatoms. The number of hydrogen-bond donors (Lipinski definition) is 1. The van der Waals surface area contributed by atoms with E-state index in [0.717, 1.165) is 5.56 Å². The standard InChI is InChI=1S/C24H27NO5/c1-5-28-20-12-11-16(13-21(20)29-6-2)23(15(3)4)25-24(27)22-14-18(26)17-9-7-8-10-19(17)30-22/h7-15,23H,5-6H2,1-4H3,(H,25,27)/t23-/m0/s1. The van der Waals surface area contributed by atoms with Gasteiger partial charge in [0.2, 0.25) is 0 Å². The van der Waals surface area contributed by atoms with E-state index < -0.39 is 5.91 Å². The van der Waals surface area contributed by atoms with Crippen LogP contribution < -0.4 is 20.2 Å². The second kappa shape index (κ2) is 9.48. The van der Waals surface area contributed by atoms with Crippen LogP contribution in [0.25, 0.3) is 11.0 Å². The molecule has 0 aliphatic heterocycles. The molecule has 0 aliphatic rings. The Balaban J connectivity index is 1.91. The van der Waals surface area contributed by atoms with Crippen LogP contribution in [-0.2, 0) is 0 Å². The summed E-state index contributed by atoms with van der Waals surface area (Å²) in [7, 11) is 0. The van der Waals surface area contributed by atoms with E-state index in [1.165, 1.54) is 6.07 Å². The van der Waals surface area contributed by atoms with Gasteiger partial charge in [0, 0.05) is 6.07 Å². The van der Waals surface area contributed by atoms with Gasteiger partial charge in [0.15, 0.2) is 22.7 Å². The summed E-state index contributed by atoms with van der Waals surface area (Å²) in [5, 5.41) is 3.44. The molecule has 0 saturated heterocycles. The molecule has 1 atom stereocenters. The van der Waals surface area contributed by atoms with Gasteiger partial charge in [-0.25, -0.2) is 0 Å². The maximum absolute atomic E-state index is 12.9. The number of benzene rings is 2. The molecular weight excluding hydrogens is 382 g/mol. The molecule has 3 rings (SSSR count). The molecule has 0 radical (unpaired) electrons. The maximum Gasteiger partial charge on any atom is 0.287 e. The molecule has 158 valence electrons. The second-order valence-corrected chi connectivity index (χ2v) is 7.24. The van der Waals surface area contributed by atoms with Crippen LogP contribution in [0.3, 0.4) is 0 Å². The highest BCUT2D eigenvalue weighted by Gasteiger charge is 2.22. The minimum atomic E-state index is -0.441. The number of hydrogen-bond acceptors (Lipinski definition) is 5. The van der Waals surface area contributed by atoms with Gasteiger partial charge in [-0.1, -0.05) is 32.0 Å². The van der Waals surface area contributed by atoms with Crippen LogP contribution in [0.1, 0.15) is 49.9 Å². The molecule has 0 spiro atoms. The van der Waals surface area contributed by atoms with Gasteiger partial charge in [0.25, 0.3) is 5.91 Å². The number of ether oxygens (including phenoxy) is 2. The number of fused-ring (bicyclic) bond motifs is 1. The van der Waals surface area contributed by atoms with E-state index in [4.69, 9.17) is 13.9 Å². The van der Waals surface area contributed by atoms with Gasteiger partial charge < -0.3 is 19.2 Å². The summed E-state index contributed by atoms with van der Waals surface area (Å²) < 4.78 is 17.0. The van der Waals surface area contributed by atoms with E-state index in [-0.39, 0.29) is 23.1 Å². The summed E-state index contributed by atoms with van der Waals surface area (Å²) in [5.41, 5.74) is 1.02. The maximum atomic E-state index is 12.9. The van der Waals surface area contributed by atoms with Gasteiger partial charge in [-0.2, -0.15) is 0 Å². The van der Waals surface area contributed by atoms with Crippen molar-refractivity contribution >= 4 is 16.9 Å². The Morgan fingerprint density at radius 1 is 1.00 bits per heavy atom. The first-order chi connectivity index (χ1) is 14.4. The molecule has 1 N–H and O–H groups in total. The SMILES string of the molecule is CCOc1ccc([C@@H](NC(=O)c2cc(=O)c3ccccc3o2)C(C)C)cc1OCC. The number of para-hydroxylation sites is 1. The van der Waals surface area contributed by atoms with Crippen LogP contribution in [0.4, 0.5) is 0 Å². The molecule has 0 bridgehead atoms. The monoisotopic (exact) mass is 409 g/mol. The number of amides is 1. The Labute approximate surface area is 175 Å². The Kier molecular flexibility index (Phi) is 6.77. The van der Waals surface area contributed by atoms with Gasteiger partial charge in [0.05, 0.1) is 24.6 Å². The van der Waals surface area contributed by atoms with Gasteiger partial charge >= 0.3 is 0 Å². The van der Waals surface area contributed by atoms with Crippen molar-refractivity contribution in [1.29, 1.82) is 0 Å². The molecular formula is C24H27NO5. The third-order valence-electron chi connectivity index (χ3n) is 4.74. The van der Waals surface area contributed by atoms with Crippen molar-refractivity contribution in [1.82, 2.24) is 5.32 Å². The lowest BCUT2D eigenvalue weighted by molar-refractivity contribution is 0.0898. The van der Waals surface area contributed by atoms with Crippen LogP contribution in [0.15, 0.2) is 57.7 Å². The fraction of sp³-hybridized carbons (Fsp3) is 0.333. The van der Waals surface area contributed by atoms with Gasteiger partial charge in [0.1, 0.15) is 5.58 Å². The number of carbonyl (C=O) groups is 1. The predicted molar refractivity (Wildman–Crippen MR) is 116 cm³/mol. The zero-order valence-electron chi connectivity index (χ0n) is 17.7. The molecule has 3 aromatic rings. The highest BCUT2D eigenvalue weighted by Crippen LogP contribution is 2.33. The van der Waals surface area contributed by atoms with E-state index in [9.17, 15) is 9.59 Å². The Hall–Kier alpha value is -3.28. The van der Waals surface area contributed by atoms with Crippen molar-refractivity contribution in [2.75, 3.05) is 13.2 Å². The van der Waals surface area contributed by atoms with E-state index in [1.54, 1.807) is 24.3 Å². The lowest BCUT2D eigenvalue weighted by Crippen LogP contribution is -2.32. The zero-order chi connectivity index (χ0) is 21.7. The molecule has 0 fully saturated rings. The van der Waals surface area contributed by atoms with Crippen molar-refractivity contribution < 1.29 is 18.7 Å². The first-order valence-corrected chi connectivity index (χ1v) is 10.2. The van der Waals surface area contributed by atoms with Gasteiger partial charge in [-0.15, -0.1) is 0 Å². The normalized spacial score (nSPS) is 12.0. The third kappa shape index (κ3) is 4.64. The molecule has 6 nitrogen and oxygen atoms in total. The summed E-state index contributed by atoms with van der Waals surface area (Å²) >= 11 is 0. The van der Waals surface area contributed by atoms with Crippen LogP contribution in [0, 0.1) is 5.92 Å². The molecule has 0 saturated carbocycles. The average Bonchev–Trinajstić information content (AvgIpc) is 2.73. The Morgan fingerprint density at radius 3 is 2.40 bits per heavy atom. The first-order valence-electron chi connectivity index (χ1n) is 10.2. The topological polar surface area (TPSA) is 77.8 Å². The summed E-state index contributed by atoms with van der Waals surface area (Å²) in [4.78, 5) is 25.2. The van der Waals surface area contributed by atoms with Crippen molar-refractivity contribution in [2.24, 2.45) is 5.92 Å². The number of nitrogens with one attached hydrogen (secondary N) is 1. The predicted octanol–water partition coefficient (Wildman–Crippen LogP) is 4.72. The average molecular weight is 409 g/mol. The van der Waals surface area contributed by atoms with E-state index >= 15 is 0 Å². The Bertz CT molecular complexity index is 1090. The largest absolute Gasteiger partial charge is 0.490 e. The summed E-state index contributed by atoms with van der Waals surface area (Å²) in [6.45, 7) is 8.88. The summed E-state index contributed by atoms with van der Waals surface area (Å²) in [6, 6.07) is 13.5. The Morgan fingerprint density at radius 2 is 1.70 bits per heavy atom. The van der Waals surface area contributed by atoms with Crippen molar-refractivity contribution in [3.05, 3.63) is 70.1 Å². The van der Waals surface area contributed by atoms with Crippen LogP contribution >= 0.6 is 0 Å². The van der Waals surface area contributed by atoms with Crippen LogP contribution in [0.5, 0.6) is 11.5 Å². The molecule has 1 aromatic heterocycles. The third-order valence-corrected chi connectivity index (χ3v) is 4.74. The lowest BCUT2D eigenvalue weighted by atomic mass is 9.95. The molecule has 2 aromatic carbocycles. The molecule has 0 unspecified atom stereocenters. The van der Waals surface area contributed by atoms with Crippen molar-refractivity contribution in [2.45, 2.75) is 33.7 Å².